The molecule has 1 aromatic carbocycles. The molecule has 23 heavy (non-hydrogen) atoms. The molecule has 0 amide bonds. The molecule has 0 saturated heterocycles. The molecule has 3 rings (SSSR count). The van der Waals surface area contributed by atoms with Gasteiger partial charge in [0, 0.05) is 7.05 Å². The number of aromatic nitrogens is 4. The zero-order chi connectivity index (χ0) is 16.2. The second kappa shape index (κ2) is 6.76. The van der Waals surface area contributed by atoms with Crippen molar-refractivity contribution in [1.82, 2.24) is 19.7 Å². The van der Waals surface area contributed by atoms with Crippen molar-refractivity contribution < 1.29 is 0 Å². The fraction of sp³-hybridized carbons (Fsp3) is 0.214. The maximum Gasteiger partial charge on any atom is 0.262 e. The van der Waals surface area contributed by atoms with Gasteiger partial charge in [0.05, 0.1) is 22.7 Å². The molecule has 0 spiro atoms. The Morgan fingerprint density at radius 3 is 2.96 bits per heavy atom. The largest absolute Gasteiger partial charge is 0.363 e. The molecular formula is C14H12N6OS2. The topological polar surface area (TPSA) is 96.5 Å². The molecule has 0 bridgehead atoms. The van der Waals surface area contributed by atoms with Crippen molar-refractivity contribution in [2.75, 3.05) is 12.4 Å². The molecule has 0 radical (unpaired) electrons. The van der Waals surface area contributed by atoms with E-state index < -0.39 is 0 Å². The standard InChI is InChI=1S/C14H12N6OS2/c1-16-13-18-19-14(23-13)22-8-11-17-10-5-3-2-4-9(10)12(21)20(11)7-6-15/h2-5H,7-8H2,1H3,(H,16,18). The first-order valence-corrected chi connectivity index (χ1v) is 8.52. The number of anilines is 1. The van der Waals surface area contributed by atoms with Crippen molar-refractivity contribution >= 4 is 39.1 Å². The monoisotopic (exact) mass is 344 g/mol. The van der Waals surface area contributed by atoms with E-state index >= 15 is 0 Å². The van der Waals surface area contributed by atoms with Crippen molar-refractivity contribution in [3.8, 4) is 6.07 Å². The van der Waals surface area contributed by atoms with Crippen LogP contribution in [0.25, 0.3) is 10.9 Å². The van der Waals surface area contributed by atoms with Gasteiger partial charge >= 0.3 is 0 Å². The molecule has 0 aliphatic heterocycles. The SMILES string of the molecule is CNc1nnc(SCc2nc3ccccc3c(=O)n2CC#N)s1. The highest BCUT2D eigenvalue weighted by atomic mass is 32.2. The summed E-state index contributed by atoms with van der Waals surface area (Å²) in [5.74, 6) is 1.00. The lowest BCUT2D eigenvalue weighted by Gasteiger charge is -2.09. The van der Waals surface area contributed by atoms with E-state index in [-0.39, 0.29) is 12.1 Å². The molecule has 3 aromatic rings. The minimum atomic E-state index is -0.194. The number of nitrogens with zero attached hydrogens (tertiary/aromatic N) is 5. The number of thioether (sulfide) groups is 1. The van der Waals surface area contributed by atoms with Gasteiger partial charge in [0.25, 0.3) is 5.56 Å². The summed E-state index contributed by atoms with van der Waals surface area (Å²) in [4.78, 5) is 17.1. The van der Waals surface area contributed by atoms with Crippen LogP contribution in [0.4, 0.5) is 5.13 Å². The second-order valence-corrected chi connectivity index (χ2v) is 6.71. The van der Waals surface area contributed by atoms with Crippen molar-refractivity contribution in [3.63, 3.8) is 0 Å². The van der Waals surface area contributed by atoms with Gasteiger partial charge < -0.3 is 5.32 Å². The molecular weight excluding hydrogens is 332 g/mol. The van der Waals surface area contributed by atoms with Crippen LogP contribution in [0.15, 0.2) is 33.4 Å². The molecule has 0 aliphatic rings. The first-order valence-electron chi connectivity index (χ1n) is 6.72. The lowest BCUT2D eigenvalue weighted by Crippen LogP contribution is -2.24. The van der Waals surface area contributed by atoms with Crippen LogP contribution in [-0.2, 0) is 12.3 Å². The Bertz CT molecular complexity index is 942. The summed E-state index contributed by atoms with van der Waals surface area (Å²) >= 11 is 2.87. The molecule has 1 N–H and O–H groups in total. The quantitative estimate of drug-likeness (QED) is 0.708. The predicted octanol–water partition coefficient (Wildman–Crippen LogP) is 2.11. The summed E-state index contributed by atoms with van der Waals surface area (Å²) < 4.78 is 2.19. The van der Waals surface area contributed by atoms with Crippen molar-refractivity contribution in [1.29, 1.82) is 5.26 Å². The Morgan fingerprint density at radius 1 is 1.39 bits per heavy atom. The molecule has 0 fully saturated rings. The molecule has 0 saturated carbocycles. The molecule has 0 unspecified atom stereocenters. The summed E-state index contributed by atoms with van der Waals surface area (Å²) in [6, 6.07) is 9.16. The Balaban J connectivity index is 1.96. The van der Waals surface area contributed by atoms with Gasteiger partial charge in [-0.3, -0.25) is 9.36 Å². The van der Waals surface area contributed by atoms with E-state index in [0.29, 0.717) is 22.5 Å². The summed E-state index contributed by atoms with van der Waals surface area (Å²) in [6.45, 7) is -0.0234. The highest BCUT2D eigenvalue weighted by Gasteiger charge is 2.12. The number of hydrogen-bond acceptors (Lipinski definition) is 8. The average Bonchev–Trinajstić information content (AvgIpc) is 3.04. The molecule has 9 heteroatoms. The summed E-state index contributed by atoms with van der Waals surface area (Å²) in [6.07, 6.45) is 0. The van der Waals surface area contributed by atoms with Gasteiger partial charge in [-0.2, -0.15) is 5.26 Å². The Morgan fingerprint density at radius 2 is 2.22 bits per heavy atom. The van der Waals surface area contributed by atoms with Gasteiger partial charge in [-0.15, -0.1) is 10.2 Å². The van der Waals surface area contributed by atoms with E-state index in [0.717, 1.165) is 9.47 Å². The predicted molar refractivity (Wildman–Crippen MR) is 90.6 cm³/mol. The minimum absolute atomic E-state index is 0.0234. The van der Waals surface area contributed by atoms with Crippen LogP contribution in [-0.4, -0.2) is 26.8 Å². The smallest absolute Gasteiger partial charge is 0.262 e. The zero-order valence-electron chi connectivity index (χ0n) is 12.2. The van der Waals surface area contributed by atoms with E-state index in [4.69, 9.17) is 5.26 Å². The summed E-state index contributed by atoms with van der Waals surface area (Å²) in [5.41, 5.74) is 0.441. The maximum absolute atomic E-state index is 12.5. The van der Waals surface area contributed by atoms with E-state index in [1.165, 1.54) is 27.7 Å². The Hall–Kier alpha value is -2.44. The van der Waals surface area contributed by atoms with Gasteiger partial charge in [0.2, 0.25) is 5.13 Å². The lowest BCUT2D eigenvalue weighted by molar-refractivity contribution is 0.730. The van der Waals surface area contributed by atoms with Crippen LogP contribution in [0, 0.1) is 11.3 Å². The van der Waals surface area contributed by atoms with Crippen LogP contribution in [0.5, 0.6) is 0 Å². The fourth-order valence-corrected chi connectivity index (χ4v) is 3.70. The third-order valence-electron chi connectivity index (χ3n) is 3.11. The number of para-hydroxylation sites is 1. The highest BCUT2D eigenvalue weighted by Crippen LogP contribution is 2.27. The van der Waals surface area contributed by atoms with E-state index in [2.05, 4.69) is 20.5 Å². The molecule has 116 valence electrons. The van der Waals surface area contributed by atoms with Crippen LogP contribution < -0.4 is 10.9 Å². The lowest BCUT2D eigenvalue weighted by atomic mass is 10.2. The van der Waals surface area contributed by atoms with Crippen LogP contribution in [0.1, 0.15) is 5.82 Å². The molecule has 0 aliphatic carbocycles. The normalized spacial score (nSPS) is 10.6. The number of hydrogen-bond donors (Lipinski definition) is 1. The molecule has 0 atom stereocenters. The van der Waals surface area contributed by atoms with E-state index in [1.807, 2.05) is 12.1 Å². The van der Waals surface area contributed by atoms with Gasteiger partial charge in [0.15, 0.2) is 4.34 Å². The summed E-state index contributed by atoms with van der Waals surface area (Å²) in [7, 11) is 1.78. The number of nitriles is 1. The zero-order valence-corrected chi connectivity index (χ0v) is 13.8. The Kier molecular flexibility index (Phi) is 4.55. The van der Waals surface area contributed by atoms with Crippen molar-refractivity contribution in [3.05, 3.63) is 40.4 Å². The maximum atomic E-state index is 12.5. The third kappa shape index (κ3) is 3.18. The van der Waals surface area contributed by atoms with Crippen LogP contribution in [0.3, 0.4) is 0 Å². The molecule has 7 nitrogen and oxygen atoms in total. The van der Waals surface area contributed by atoms with Crippen LogP contribution >= 0.6 is 23.1 Å². The number of benzene rings is 1. The molecule has 2 heterocycles. The van der Waals surface area contributed by atoms with Gasteiger partial charge in [-0.1, -0.05) is 35.2 Å². The van der Waals surface area contributed by atoms with E-state index in [9.17, 15) is 4.79 Å². The van der Waals surface area contributed by atoms with Crippen molar-refractivity contribution in [2.45, 2.75) is 16.6 Å². The Labute approximate surface area is 140 Å². The summed E-state index contributed by atoms with van der Waals surface area (Å²) in [5, 5.41) is 21.2. The first-order chi connectivity index (χ1) is 11.2. The van der Waals surface area contributed by atoms with Crippen molar-refractivity contribution in [2.24, 2.45) is 0 Å². The van der Waals surface area contributed by atoms with Gasteiger partial charge in [-0.25, -0.2) is 4.98 Å². The van der Waals surface area contributed by atoms with Gasteiger partial charge in [-0.05, 0) is 12.1 Å². The van der Waals surface area contributed by atoms with Crippen LogP contribution in [0.2, 0.25) is 0 Å². The minimum Gasteiger partial charge on any atom is -0.363 e. The van der Waals surface area contributed by atoms with E-state index in [1.54, 1.807) is 25.2 Å². The first kappa shape index (κ1) is 15.5. The van der Waals surface area contributed by atoms with Gasteiger partial charge in [0.1, 0.15) is 12.4 Å². The third-order valence-corrected chi connectivity index (χ3v) is 5.18. The average molecular weight is 344 g/mol. The number of rotatable bonds is 5. The second-order valence-electron chi connectivity index (χ2n) is 4.51. The number of fused-ring (bicyclic) bond motifs is 1. The fourth-order valence-electron chi connectivity index (χ4n) is 2.05. The molecule has 2 aromatic heterocycles. The number of nitrogens with one attached hydrogen (secondary N) is 1. The highest BCUT2D eigenvalue weighted by molar-refractivity contribution is 8.00.